The van der Waals surface area contributed by atoms with Crippen molar-refractivity contribution < 1.29 is 4.74 Å². The van der Waals surface area contributed by atoms with Gasteiger partial charge in [0, 0.05) is 19.2 Å². The Balaban J connectivity index is 2.76. The van der Waals surface area contributed by atoms with Gasteiger partial charge in [0.2, 0.25) is 0 Å². The van der Waals surface area contributed by atoms with Gasteiger partial charge in [-0.3, -0.25) is 0 Å². The molecule has 0 aromatic rings. The average molecular weight is 253 g/mol. The molecule has 102 valence electrons. The lowest BCUT2D eigenvalue weighted by Gasteiger charge is -2.30. The number of allylic oxidation sites excluding steroid dienone is 1. The van der Waals surface area contributed by atoms with E-state index in [9.17, 15) is 0 Å². The second kappa shape index (κ2) is 8.60. The Kier molecular flexibility index (Phi) is 6.98. The number of unbranched alkanes of at least 4 members (excludes halogenated alkanes) is 1. The van der Waals surface area contributed by atoms with Crippen LogP contribution in [-0.2, 0) is 4.74 Å². The van der Waals surface area contributed by atoms with Crippen molar-refractivity contribution in [3.63, 3.8) is 0 Å². The number of ether oxygens (including phenoxy) is 1. The highest BCUT2D eigenvalue weighted by Crippen LogP contribution is 2.06. The van der Waals surface area contributed by atoms with Crippen LogP contribution in [0.5, 0.6) is 0 Å². The summed E-state index contributed by atoms with van der Waals surface area (Å²) in [7, 11) is 0. The lowest BCUT2D eigenvalue weighted by Crippen LogP contribution is -2.42. The second-order valence-electron chi connectivity index (χ2n) is 3.97. The van der Waals surface area contributed by atoms with E-state index >= 15 is 0 Å². The average Bonchev–Trinajstić information content (AvgIpc) is 2.43. The fourth-order valence-corrected chi connectivity index (χ4v) is 1.62. The van der Waals surface area contributed by atoms with E-state index in [2.05, 4.69) is 28.4 Å². The summed E-state index contributed by atoms with van der Waals surface area (Å²) in [5, 5.41) is 0. The Labute approximate surface area is 108 Å². The number of morpholine rings is 1. The van der Waals surface area contributed by atoms with E-state index < -0.39 is 0 Å². The van der Waals surface area contributed by atoms with E-state index in [1.807, 2.05) is 12.2 Å². The SMILES string of the molecule is CCCC=C=C(/C=C(\NN)N1CCOCC1)NN. The highest BCUT2D eigenvalue weighted by Gasteiger charge is 2.12. The molecule has 1 aliphatic heterocycles. The summed E-state index contributed by atoms with van der Waals surface area (Å²) in [4.78, 5) is 2.11. The molecule has 1 aliphatic rings. The summed E-state index contributed by atoms with van der Waals surface area (Å²) in [5.41, 5.74) is 9.09. The van der Waals surface area contributed by atoms with Gasteiger partial charge in [0.05, 0.1) is 18.9 Å². The van der Waals surface area contributed by atoms with Crippen LogP contribution in [0.2, 0.25) is 0 Å². The van der Waals surface area contributed by atoms with Crippen LogP contribution >= 0.6 is 0 Å². The summed E-state index contributed by atoms with van der Waals surface area (Å²) in [6, 6.07) is 0. The van der Waals surface area contributed by atoms with E-state index in [1.54, 1.807) is 0 Å². The number of nitrogens with zero attached hydrogens (tertiary/aromatic N) is 1. The standard InChI is InChI=1S/C12H23N5O/c1-2-3-4-5-11(15-13)10-12(16-14)17-6-8-18-9-7-17/h4,10,15-16H,2-3,6-9,13-14H2,1H3/b12-10+. The van der Waals surface area contributed by atoms with Crippen molar-refractivity contribution in [3.8, 4) is 0 Å². The summed E-state index contributed by atoms with van der Waals surface area (Å²) in [5.74, 6) is 11.8. The molecule has 0 aliphatic carbocycles. The number of hydrazine groups is 2. The van der Waals surface area contributed by atoms with Gasteiger partial charge < -0.3 is 20.5 Å². The third-order valence-electron chi connectivity index (χ3n) is 2.63. The van der Waals surface area contributed by atoms with Gasteiger partial charge in [-0.15, -0.1) is 0 Å². The summed E-state index contributed by atoms with van der Waals surface area (Å²) in [6.45, 7) is 5.16. The first-order valence-electron chi connectivity index (χ1n) is 6.24. The van der Waals surface area contributed by atoms with Gasteiger partial charge in [0.15, 0.2) is 0 Å². The van der Waals surface area contributed by atoms with Crippen molar-refractivity contribution in [1.82, 2.24) is 15.8 Å². The molecule has 0 aromatic carbocycles. The van der Waals surface area contributed by atoms with Crippen molar-refractivity contribution in [2.45, 2.75) is 19.8 Å². The van der Waals surface area contributed by atoms with Gasteiger partial charge in [0.1, 0.15) is 5.82 Å². The molecule has 0 unspecified atom stereocenters. The third kappa shape index (κ3) is 4.81. The van der Waals surface area contributed by atoms with Crippen LogP contribution in [0.1, 0.15) is 19.8 Å². The first kappa shape index (κ1) is 14.6. The highest BCUT2D eigenvalue weighted by molar-refractivity contribution is 5.20. The number of nitrogens with two attached hydrogens (primary N) is 2. The molecule has 1 fully saturated rings. The number of rotatable bonds is 6. The van der Waals surface area contributed by atoms with Gasteiger partial charge in [-0.25, -0.2) is 11.7 Å². The van der Waals surface area contributed by atoms with Crippen molar-refractivity contribution >= 4 is 0 Å². The zero-order valence-corrected chi connectivity index (χ0v) is 10.9. The maximum Gasteiger partial charge on any atom is 0.118 e. The Morgan fingerprint density at radius 3 is 2.61 bits per heavy atom. The molecule has 6 heteroatoms. The lowest BCUT2D eigenvalue weighted by molar-refractivity contribution is 0.0503. The van der Waals surface area contributed by atoms with Gasteiger partial charge in [-0.1, -0.05) is 19.1 Å². The van der Waals surface area contributed by atoms with Gasteiger partial charge in [0.25, 0.3) is 0 Å². The summed E-state index contributed by atoms with van der Waals surface area (Å²) >= 11 is 0. The van der Waals surface area contributed by atoms with Crippen molar-refractivity contribution in [3.05, 3.63) is 29.4 Å². The smallest absolute Gasteiger partial charge is 0.118 e. The quantitative estimate of drug-likeness (QED) is 0.229. The van der Waals surface area contributed by atoms with Gasteiger partial charge >= 0.3 is 0 Å². The fraction of sp³-hybridized carbons (Fsp3) is 0.583. The molecule has 1 saturated heterocycles. The Bertz CT molecular complexity index is 327. The van der Waals surface area contributed by atoms with Crippen LogP contribution in [0.25, 0.3) is 0 Å². The van der Waals surface area contributed by atoms with E-state index in [-0.39, 0.29) is 0 Å². The van der Waals surface area contributed by atoms with Gasteiger partial charge in [-0.05, 0) is 12.5 Å². The molecule has 0 atom stereocenters. The predicted molar refractivity (Wildman–Crippen MR) is 71.6 cm³/mol. The van der Waals surface area contributed by atoms with Crippen LogP contribution in [0.15, 0.2) is 29.4 Å². The molecular formula is C12H23N5O. The van der Waals surface area contributed by atoms with Crippen LogP contribution in [0.3, 0.4) is 0 Å². The molecule has 6 nitrogen and oxygen atoms in total. The molecule has 1 rings (SSSR count). The Hall–Kier alpha value is -1.46. The Morgan fingerprint density at radius 1 is 1.33 bits per heavy atom. The molecular weight excluding hydrogens is 230 g/mol. The van der Waals surface area contributed by atoms with Crippen molar-refractivity contribution in [2.24, 2.45) is 11.7 Å². The van der Waals surface area contributed by atoms with E-state index in [0.29, 0.717) is 18.9 Å². The van der Waals surface area contributed by atoms with E-state index in [1.165, 1.54) is 0 Å². The van der Waals surface area contributed by atoms with E-state index in [0.717, 1.165) is 31.8 Å². The maximum atomic E-state index is 5.54. The Morgan fingerprint density at radius 2 is 2.06 bits per heavy atom. The normalized spacial score (nSPS) is 15.9. The van der Waals surface area contributed by atoms with Crippen LogP contribution < -0.4 is 22.5 Å². The molecule has 6 N–H and O–H groups in total. The van der Waals surface area contributed by atoms with Crippen molar-refractivity contribution in [2.75, 3.05) is 26.3 Å². The molecule has 18 heavy (non-hydrogen) atoms. The minimum Gasteiger partial charge on any atom is -0.378 e. The monoisotopic (exact) mass is 253 g/mol. The molecule has 0 bridgehead atoms. The highest BCUT2D eigenvalue weighted by atomic mass is 16.5. The summed E-state index contributed by atoms with van der Waals surface area (Å²) < 4.78 is 5.30. The van der Waals surface area contributed by atoms with Crippen LogP contribution in [-0.4, -0.2) is 31.2 Å². The fourth-order valence-electron chi connectivity index (χ4n) is 1.62. The zero-order valence-electron chi connectivity index (χ0n) is 10.9. The minimum atomic E-state index is 0.697. The molecule has 1 heterocycles. The number of hydrogen-bond donors (Lipinski definition) is 4. The summed E-state index contributed by atoms with van der Waals surface area (Å²) in [6.07, 6.45) is 5.86. The molecule has 0 amide bonds. The van der Waals surface area contributed by atoms with Crippen LogP contribution in [0, 0.1) is 0 Å². The number of nitrogens with one attached hydrogen (secondary N) is 2. The zero-order chi connectivity index (χ0) is 13.2. The first-order valence-corrected chi connectivity index (χ1v) is 6.24. The number of hydrogen-bond acceptors (Lipinski definition) is 6. The first-order chi connectivity index (χ1) is 8.81. The lowest BCUT2D eigenvalue weighted by atomic mass is 10.3. The minimum absolute atomic E-state index is 0.697. The topological polar surface area (TPSA) is 88.6 Å². The molecule has 0 aromatic heterocycles. The van der Waals surface area contributed by atoms with E-state index in [4.69, 9.17) is 16.4 Å². The van der Waals surface area contributed by atoms with Crippen molar-refractivity contribution in [1.29, 1.82) is 0 Å². The largest absolute Gasteiger partial charge is 0.378 e. The van der Waals surface area contributed by atoms with Gasteiger partial charge in [-0.2, -0.15) is 0 Å². The van der Waals surface area contributed by atoms with Crippen LogP contribution in [0.4, 0.5) is 0 Å². The predicted octanol–water partition coefficient (Wildman–Crippen LogP) is -0.0743. The second-order valence-corrected chi connectivity index (χ2v) is 3.97. The molecule has 0 spiro atoms. The maximum absolute atomic E-state index is 5.54. The third-order valence-corrected chi connectivity index (χ3v) is 2.63. The molecule has 0 radical (unpaired) electrons. The molecule has 0 saturated carbocycles.